The van der Waals surface area contributed by atoms with Gasteiger partial charge in [0.1, 0.15) is 5.82 Å². The molecule has 0 fully saturated rings. The summed E-state index contributed by atoms with van der Waals surface area (Å²) in [6.07, 6.45) is 0. The van der Waals surface area contributed by atoms with E-state index >= 15 is 0 Å². The predicted octanol–water partition coefficient (Wildman–Crippen LogP) is 4.68. The van der Waals surface area contributed by atoms with Crippen LogP contribution in [0.25, 0.3) is 10.8 Å². The average molecular weight is 279 g/mol. The molecule has 3 aromatic carbocycles. The lowest BCUT2D eigenvalue weighted by Gasteiger charge is -2.21. The third kappa shape index (κ3) is 2.67. The van der Waals surface area contributed by atoms with E-state index in [4.69, 9.17) is 0 Å². The molecule has 1 N–H and O–H groups in total. The van der Waals surface area contributed by atoms with Gasteiger partial charge in [-0.3, -0.25) is 0 Å². The van der Waals surface area contributed by atoms with Crippen molar-refractivity contribution in [2.45, 2.75) is 13.0 Å². The molecule has 0 spiro atoms. The minimum absolute atomic E-state index is 0.0710. The fourth-order valence-electron chi connectivity index (χ4n) is 2.79. The molecule has 0 saturated heterocycles. The van der Waals surface area contributed by atoms with Crippen LogP contribution in [-0.2, 0) is 0 Å². The first-order valence-corrected chi connectivity index (χ1v) is 7.26. The summed E-state index contributed by atoms with van der Waals surface area (Å²) in [5, 5.41) is 5.14. The highest BCUT2D eigenvalue weighted by molar-refractivity contribution is 5.87. The van der Waals surface area contributed by atoms with Gasteiger partial charge in [0.25, 0.3) is 0 Å². The maximum Gasteiger partial charge on any atom is 0.131 e. The summed E-state index contributed by atoms with van der Waals surface area (Å²) < 4.78 is 14.0. The summed E-state index contributed by atoms with van der Waals surface area (Å²) in [5.41, 5.74) is 2.30. The highest BCUT2D eigenvalue weighted by atomic mass is 19.1. The van der Waals surface area contributed by atoms with E-state index < -0.39 is 0 Å². The molecule has 106 valence electrons. The zero-order valence-corrected chi connectivity index (χ0v) is 12.0. The van der Waals surface area contributed by atoms with E-state index in [0.717, 1.165) is 17.5 Å². The van der Waals surface area contributed by atoms with Gasteiger partial charge in [-0.1, -0.05) is 67.6 Å². The van der Waals surface area contributed by atoms with Crippen LogP contribution in [0.1, 0.15) is 24.1 Å². The Balaban J connectivity index is 2.19. The van der Waals surface area contributed by atoms with Crippen LogP contribution in [0.15, 0.2) is 66.7 Å². The summed E-state index contributed by atoms with van der Waals surface area (Å²) in [6.45, 7) is 2.94. The predicted molar refractivity (Wildman–Crippen MR) is 85.9 cm³/mol. The Bertz CT molecular complexity index is 737. The number of hydrogen-bond donors (Lipinski definition) is 1. The normalized spacial score (nSPS) is 12.5. The van der Waals surface area contributed by atoms with Crippen LogP contribution in [0.2, 0.25) is 0 Å². The molecule has 2 heteroatoms. The molecule has 0 amide bonds. The maximum atomic E-state index is 14.0. The van der Waals surface area contributed by atoms with Crippen molar-refractivity contribution >= 4 is 10.8 Å². The van der Waals surface area contributed by atoms with Crippen LogP contribution in [0, 0.1) is 5.82 Å². The molecule has 0 bridgehead atoms. The molecule has 1 atom stereocenters. The Morgan fingerprint density at radius 3 is 2.24 bits per heavy atom. The topological polar surface area (TPSA) is 12.0 Å². The minimum Gasteiger partial charge on any atom is -0.307 e. The van der Waals surface area contributed by atoms with Crippen LogP contribution < -0.4 is 5.32 Å². The van der Waals surface area contributed by atoms with Crippen molar-refractivity contribution in [3.05, 3.63) is 83.7 Å². The second-order valence-electron chi connectivity index (χ2n) is 5.08. The molecular weight excluding hydrogens is 261 g/mol. The third-order valence-corrected chi connectivity index (χ3v) is 3.76. The molecule has 0 heterocycles. The Morgan fingerprint density at radius 2 is 1.52 bits per heavy atom. The number of halogens is 1. The first-order chi connectivity index (χ1) is 10.3. The first kappa shape index (κ1) is 13.8. The van der Waals surface area contributed by atoms with Gasteiger partial charge in [-0.15, -0.1) is 0 Å². The molecule has 0 aliphatic heterocycles. The van der Waals surface area contributed by atoms with Gasteiger partial charge in [0, 0.05) is 5.39 Å². The summed E-state index contributed by atoms with van der Waals surface area (Å²) in [6, 6.07) is 21.5. The van der Waals surface area contributed by atoms with Crippen LogP contribution in [0.4, 0.5) is 4.39 Å². The Kier molecular flexibility index (Phi) is 3.98. The second kappa shape index (κ2) is 6.06. The molecule has 1 unspecified atom stereocenters. The number of fused-ring (bicyclic) bond motifs is 1. The quantitative estimate of drug-likeness (QED) is 0.731. The fourth-order valence-corrected chi connectivity index (χ4v) is 2.79. The first-order valence-electron chi connectivity index (χ1n) is 7.26. The summed E-state index contributed by atoms with van der Waals surface area (Å²) in [5.74, 6) is -0.169. The van der Waals surface area contributed by atoms with Crippen molar-refractivity contribution in [3.8, 4) is 0 Å². The number of rotatable bonds is 4. The molecule has 0 saturated carbocycles. The van der Waals surface area contributed by atoms with Gasteiger partial charge < -0.3 is 5.32 Å². The lowest BCUT2D eigenvalue weighted by molar-refractivity contribution is 0.625. The summed E-state index contributed by atoms with van der Waals surface area (Å²) >= 11 is 0. The van der Waals surface area contributed by atoms with E-state index in [9.17, 15) is 4.39 Å². The maximum absolute atomic E-state index is 14.0. The zero-order chi connectivity index (χ0) is 14.7. The van der Waals surface area contributed by atoms with Gasteiger partial charge in [-0.2, -0.15) is 0 Å². The van der Waals surface area contributed by atoms with Crippen LogP contribution in [-0.4, -0.2) is 6.54 Å². The highest BCUT2D eigenvalue weighted by Gasteiger charge is 2.16. The van der Waals surface area contributed by atoms with Gasteiger partial charge in [-0.25, -0.2) is 4.39 Å². The van der Waals surface area contributed by atoms with E-state index in [1.54, 1.807) is 6.07 Å². The van der Waals surface area contributed by atoms with Crippen LogP contribution in [0.5, 0.6) is 0 Å². The molecule has 0 aromatic heterocycles. The van der Waals surface area contributed by atoms with Crippen molar-refractivity contribution < 1.29 is 4.39 Å². The molecule has 0 aliphatic rings. The molecule has 0 radical (unpaired) electrons. The van der Waals surface area contributed by atoms with Crippen LogP contribution in [0.3, 0.4) is 0 Å². The van der Waals surface area contributed by atoms with Crippen molar-refractivity contribution in [1.29, 1.82) is 0 Å². The third-order valence-electron chi connectivity index (χ3n) is 3.76. The van der Waals surface area contributed by atoms with E-state index in [2.05, 4.69) is 24.4 Å². The zero-order valence-electron chi connectivity index (χ0n) is 12.0. The van der Waals surface area contributed by atoms with E-state index in [1.807, 2.05) is 48.5 Å². The summed E-state index contributed by atoms with van der Waals surface area (Å²) in [4.78, 5) is 0. The Labute approximate surface area is 124 Å². The smallest absolute Gasteiger partial charge is 0.131 e. The molecular formula is C19H18FN. The van der Waals surface area contributed by atoms with Gasteiger partial charge >= 0.3 is 0 Å². The number of benzene rings is 3. The van der Waals surface area contributed by atoms with Gasteiger partial charge in [0.05, 0.1) is 6.04 Å². The van der Waals surface area contributed by atoms with Crippen molar-refractivity contribution in [2.24, 2.45) is 0 Å². The molecule has 3 aromatic rings. The van der Waals surface area contributed by atoms with E-state index in [1.165, 1.54) is 5.56 Å². The largest absolute Gasteiger partial charge is 0.307 e. The molecule has 21 heavy (non-hydrogen) atoms. The summed E-state index contributed by atoms with van der Waals surface area (Å²) in [7, 11) is 0. The van der Waals surface area contributed by atoms with E-state index in [-0.39, 0.29) is 11.9 Å². The lowest BCUT2D eigenvalue weighted by atomic mass is 9.93. The highest BCUT2D eigenvalue weighted by Crippen LogP contribution is 2.30. The number of nitrogens with one attached hydrogen (secondary N) is 1. The number of hydrogen-bond acceptors (Lipinski definition) is 1. The Morgan fingerprint density at radius 1 is 0.857 bits per heavy atom. The van der Waals surface area contributed by atoms with Gasteiger partial charge in [-0.05, 0) is 29.1 Å². The Hall–Kier alpha value is -2.19. The van der Waals surface area contributed by atoms with E-state index in [0.29, 0.717) is 5.39 Å². The van der Waals surface area contributed by atoms with Crippen molar-refractivity contribution in [3.63, 3.8) is 0 Å². The standard InChI is InChI=1S/C19H18FN/c1-2-21-19(14-8-4-3-5-9-14)17-12-13-18(20)16-11-7-6-10-15(16)17/h3-13,19,21H,2H2,1H3. The molecule has 1 nitrogen and oxygen atoms in total. The average Bonchev–Trinajstić information content (AvgIpc) is 2.55. The van der Waals surface area contributed by atoms with Crippen LogP contribution >= 0.6 is 0 Å². The molecule has 3 rings (SSSR count). The SMILES string of the molecule is CCNC(c1ccccc1)c1ccc(F)c2ccccc12. The molecule has 0 aliphatic carbocycles. The monoisotopic (exact) mass is 279 g/mol. The fraction of sp³-hybridized carbons (Fsp3) is 0.158. The lowest BCUT2D eigenvalue weighted by Crippen LogP contribution is -2.22. The van der Waals surface area contributed by atoms with Crippen molar-refractivity contribution in [1.82, 2.24) is 5.32 Å². The second-order valence-corrected chi connectivity index (χ2v) is 5.08. The van der Waals surface area contributed by atoms with Crippen molar-refractivity contribution in [2.75, 3.05) is 6.54 Å². The minimum atomic E-state index is -0.169. The van der Waals surface area contributed by atoms with Gasteiger partial charge in [0.15, 0.2) is 0 Å². The van der Waals surface area contributed by atoms with Gasteiger partial charge in [0.2, 0.25) is 0 Å².